The van der Waals surface area contributed by atoms with Gasteiger partial charge in [-0.3, -0.25) is 4.98 Å². The van der Waals surface area contributed by atoms with E-state index in [0.29, 0.717) is 12.8 Å². The molecule has 0 saturated heterocycles. The molecule has 1 saturated carbocycles. The van der Waals surface area contributed by atoms with Crippen molar-refractivity contribution >= 4 is 22.7 Å². The minimum absolute atomic E-state index is 0.444. The van der Waals surface area contributed by atoms with Gasteiger partial charge in [-0.25, -0.2) is 4.98 Å². The van der Waals surface area contributed by atoms with Crippen molar-refractivity contribution in [3.63, 3.8) is 0 Å². The van der Waals surface area contributed by atoms with Crippen molar-refractivity contribution < 1.29 is 5.11 Å². The standard InChI is InChI=1S/C23H21N3OS2/c1-22(27)12-23(24,13-22)17-9-7-15(8-10-17)19-20(16-5-3-2-4-6-16)29-21(26-19)18-11-25-14-28-18/h2-11,14,27H,12-13,24H2,1H3. The summed E-state index contributed by atoms with van der Waals surface area (Å²) in [5.41, 5.74) is 11.5. The largest absolute Gasteiger partial charge is 0.390 e. The Morgan fingerprint density at radius 2 is 1.72 bits per heavy atom. The van der Waals surface area contributed by atoms with Crippen LogP contribution in [-0.2, 0) is 5.54 Å². The molecule has 0 atom stereocenters. The highest BCUT2D eigenvalue weighted by Crippen LogP contribution is 2.47. The molecule has 3 N–H and O–H groups in total. The van der Waals surface area contributed by atoms with Gasteiger partial charge in [-0.1, -0.05) is 54.6 Å². The Morgan fingerprint density at radius 3 is 2.34 bits per heavy atom. The molecule has 2 heterocycles. The van der Waals surface area contributed by atoms with Gasteiger partial charge in [-0.05, 0) is 30.9 Å². The number of nitrogens with zero attached hydrogens (tertiary/aromatic N) is 2. The minimum atomic E-state index is -0.660. The van der Waals surface area contributed by atoms with Crippen molar-refractivity contribution in [1.82, 2.24) is 9.97 Å². The van der Waals surface area contributed by atoms with Crippen LogP contribution in [0.1, 0.15) is 25.3 Å². The first-order chi connectivity index (χ1) is 13.9. The van der Waals surface area contributed by atoms with Crippen LogP contribution in [0.15, 0.2) is 66.3 Å². The molecule has 0 radical (unpaired) electrons. The fourth-order valence-corrected chi connectivity index (χ4v) is 5.97. The van der Waals surface area contributed by atoms with Crippen LogP contribution in [0.5, 0.6) is 0 Å². The summed E-state index contributed by atoms with van der Waals surface area (Å²) in [6.45, 7) is 1.84. The first-order valence-electron chi connectivity index (χ1n) is 9.51. The van der Waals surface area contributed by atoms with Crippen molar-refractivity contribution in [2.24, 2.45) is 5.73 Å². The molecule has 4 nitrogen and oxygen atoms in total. The third-order valence-corrected chi connectivity index (χ3v) is 7.48. The summed E-state index contributed by atoms with van der Waals surface area (Å²) in [4.78, 5) is 11.4. The number of rotatable bonds is 4. The summed E-state index contributed by atoms with van der Waals surface area (Å²) in [5, 5.41) is 11.1. The molecule has 5 rings (SSSR count). The van der Waals surface area contributed by atoms with Crippen LogP contribution < -0.4 is 5.73 Å². The number of hydrogen-bond acceptors (Lipinski definition) is 6. The number of benzene rings is 2. The third-order valence-electron chi connectivity index (χ3n) is 5.43. The maximum absolute atomic E-state index is 10.1. The maximum atomic E-state index is 10.1. The third kappa shape index (κ3) is 3.42. The van der Waals surface area contributed by atoms with Crippen molar-refractivity contribution in [3.05, 3.63) is 71.9 Å². The molecule has 6 heteroatoms. The number of aromatic nitrogens is 2. The van der Waals surface area contributed by atoms with Gasteiger partial charge in [0.2, 0.25) is 0 Å². The predicted molar refractivity (Wildman–Crippen MR) is 120 cm³/mol. The monoisotopic (exact) mass is 419 g/mol. The topological polar surface area (TPSA) is 72.0 Å². The Bertz CT molecular complexity index is 1120. The van der Waals surface area contributed by atoms with E-state index in [1.165, 1.54) is 0 Å². The van der Waals surface area contributed by atoms with Gasteiger partial charge in [0, 0.05) is 17.3 Å². The lowest BCUT2D eigenvalue weighted by atomic mass is 9.63. The van der Waals surface area contributed by atoms with Crippen LogP contribution in [0.2, 0.25) is 0 Å². The van der Waals surface area contributed by atoms with E-state index in [4.69, 9.17) is 10.7 Å². The molecular formula is C23H21N3OS2. The van der Waals surface area contributed by atoms with E-state index in [1.807, 2.05) is 24.7 Å². The number of hydrogen-bond donors (Lipinski definition) is 2. The summed E-state index contributed by atoms with van der Waals surface area (Å²) in [6.07, 6.45) is 3.04. The molecule has 2 aromatic carbocycles. The Labute approximate surface area is 177 Å². The van der Waals surface area contributed by atoms with Crippen LogP contribution >= 0.6 is 22.7 Å². The zero-order chi connectivity index (χ0) is 20.1. The van der Waals surface area contributed by atoms with Gasteiger partial charge < -0.3 is 10.8 Å². The molecule has 1 aliphatic carbocycles. The maximum Gasteiger partial charge on any atom is 0.136 e. The molecule has 4 aromatic rings. The zero-order valence-corrected chi connectivity index (χ0v) is 17.6. The quantitative estimate of drug-likeness (QED) is 0.471. The van der Waals surface area contributed by atoms with E-state index in [2.05, 4.69) is 53.5 Å². The summed E-state index contributed by atoms with van der Waals surface area (Å²) < 4.78 is 0. The fourth-order valence-electron chi connectivity index (χ4n) is 4.20. The minimum Gasteiger partial charge on any atom is -0.390 e. The van der Waals surface area contributed by atoms with Crippen molar-refractivity contribution in [2.75, 3.05) is 0 Å². The number of nitrogens with two attached hydrogens (primary N) is 1. The Balaban J connectivity index is 1.55. The van der Waals surface area contributed by atoms with E-state index in [-0.39, 0.29) is 0 Å². The van der Waals surface area contributed by atoms with Crippen molar-refractivity contribution in [3.8, 4) is 31.6 Å². The molecule has 0 spiro atoms. The van der Waals surface area contributed by atoms with Gasteiger partial charge >= 0.3 is 0 Å². The average Bonchev–Trinajstić information content (AvgIpc) is 3.37. The normalized spacial score (nSPS) is 23.7. The van der Waals surface area contributed by atoms with Crippen LogP contribution in [-0.4, -0.2) is 20.7 Å². The van der Waals surface area contributed by atoms with Gasteiger partial charge in [-0.15, -0.1) is 22.7 Å². The lowest BCUT2D eigenvalue weighted by Crippen LogP contribution is -2.58. The van der Waals surface area contributed by atoms with Crippen LogP contribution in [0.25, 0.3) is 31.6 Å². The number of aliphatic hydroxyl groups is 1. The van der Waals surface area contributed by atoms with Gasteiger partial charge in [0.25, 0.3) is 0 Å². The molecule has 1 fully saturated rings. The van der Waals surface area contributed by atoms with Gasteiger partial charge in [0.1, 0.15) is 5.01 Å². The molecule has 2 aromatic heterocycles. The molecule has 0 bridgehead atoms. The number of thiazole rings is 2. The molecule has 0 aliphatic heterocycles. The molecule has 0 amide bonds. The first kappa shape index (κ1) is 18.6. The van der Waals surface area contributed by atoms with E-state index in [9.17, 15) is 5.11 Å². The van der Waals surface area contributed by atoms with Gasteiger partial charge in [0.05, 0.1) is 26.6 Å². The van der Waals surface area contributed by atoms with Crippen LogP contribution in [0.4, 0.5) is 0 Å². The van der Waals surface area contributed by atoms with E-state index in [0.717, 1.165) is 37.1 Å². The highest BCUT2D eigenvalue weighted by atomic mass is 32.1. The molecule has 1 aliphatic rings. The molecule has 146 valence electrons. The smallest absolute Gasteiger partial charge is 0.136 e. The van der Waals surface area contributed by atoms with Crippen LogP contribution in [0, 0.1) is 0 Å². The second-order valence-corrected chi connectivity index (χ2v) is 9.90. The SMILES string of the molecule is CC1(O)CC(N)(c2ccc(-c3nc(-c4cncs4)sc3-c3ccccc3)cc2)C1. The fraction of sp³-hybridized carbons (Fsp3) is 0.217. The second kappa shape index (κ2) is 6.85. The Kier molecular flexibility index (Phi) is 4.40. The molecule has 0 unspecified atom stereocenters. The lowest BCUT2D eigenvalue weighted by Gasteiger charge is -2.49. The Hall–Kier alpha value is -2.38. The zero-order valence-electron chi connectivity index (χ0n) is 16.0. The highest BCUT2D eigenvalue weighted by molar-refractivity contribution is 7.23. The molecule has 29 heavy (non-hydrogen) atoms. The lowest BCUT2D eigenvalue weighted by molar-refractivity contribution is -0.0738. The van der Waals surface area contributed by atoms with E-state index in [1.54, 1.807) is 22.7 Å². The summed E-state index contributed by atoms with van der Waals surface area (Å²) >= 11 is 3.29. The predicted octanol–water partition coefficient (Wildman–Crippen LogP) is 5.30. The van der Waals surface area contributed by atoms with E-state index < -0.39 is 11.1 Å². The summed E-state index contributed by atoms with van der Waals surface area (Å²) in [5.74, 6) is 0. The van der Waals surface area contributed by atoms with Crippen LogP contribution in [0.3, 0.4) is 0 Å². The van der Waals surface area contributed by atoms with Gasteiger partial charge in [-0.2, -0.15) is 0 Å². The highest BCUT2D eigenvalue weighted by Gasteiger charge is 2.49. The van der Waals surface area contributed by atoms with Gasteiger partial charge in [0.15, 0.2) is 0 Å². The average molecular weight is 420 g/mol. The second-order valence-electron chi connectivity index (χ2n) is 8.01. The van der Waals surface area contributed by atoms with Crippen molar-refractivity contribution in [2.45, 2.75) is 30.9 Å². The summed E-state index contributed by atoms with van der Waals surface area (Å²) in [6, 6.07) is 18.7. The Morgan fingerprint density at radius 1 is 1.00 bits per heavy atom. The van der Waals surface area contributed by atoms with Crippen molar-refractivity contribution in [1.29, 1.82) is 0 Å². The first-order valence-corrected chi connectivity index (χ1v) is 11.2. The van der Waals surface area contributed by atoms with E-state index >= 15 is 0 Å². The molecular weight excluding hydrogens is 398 g/mol. The summed E-state index contributed by atoms with van der Waals surface area (Å²) in [7, 11) is 0.